The monoisotopic (exact) mass is 313 g/mol. The maximum Gasteiger partial charge on any atom is 0.338 e. The fraction of sp³-hybridized carbons (Fsp3) is 0.500. The Kier molecular flexibility index (Phi) is 4.65. The van der Waals surface area contributed by atoms with E-state index in [1.807, 2.05) is 0 Å². The van der Waals surface area contributed by atoms with E-state index in [2.05, 4.69) is 0 Å². The number of nitrogens with two attached hydrogens (primary N) is 1. The summed E-state index contributed by atoms with van der Waals surface area (Å²) in [6.45, 7) is 4.22. The number of primary sulfonamides is 1. The van der Waals surface area contributed by atoms with Gasteiger partial charge < -0.3 is 9.47 Å². The Labute approximate surface area is 124 Å². The van der Waals surface area contributed by atoms with Gasteiger partial charge in [-0.1, -0.05) is 6.07 Å². The summed E-state index contributed by atoms with van der Waals surface area (Å²) in [6.07, 6.45) is 1.75. The molecule has 0 amide bonds. The van der Waals surface area contributed by atoms with Crippen molar-refractivity contribution in [2.75, 3.05) is 13.2 Å². The van der Waals surface area contributed by atoms with Crippen LogP contribution in [0.4, 0.5) is 0 Å². The van der Waals surface area contributed by atoms with Gasteiger partial charge in [0.2, 0.25) is 10.0 Å². The van der Waals surface area contributed by atoms with Crippen LogP contribution in [0.5, 0.6) is 0 Å². The second-order valence-electron chi connectivity index (χ2n) is 5.21. The van der Waals surface area contributed by atoms with Crippen LogP contribution in [0, 0.1) is 13.8 Å². The third-order valence-corrected chi connectivity index (χ3v) is 4.53. The molecule has 1 atom stereocenters. The molecule has 6 nitrogen and oxygen atoms in total. The summed E-state index contributed by atoms with van der Waals surface area (Å²) >= 11 is 0. The molecule has 7 heteroatoms. The normalized spacial score (nSPS) is 18.7. The van der Waals surface area contributed by atoms with Crippen LogP contribution in [-0.4, -0.2) is 33.7 Å². The predicted octanol–water partition coefficient (Wildman–Crippen LogP) is 1.29. The maximum atomic E-state index is 12.1. The Morgan fingerprint density at radius 1 is 1.38 bits per heavy atom. The van der Waals surface area contributed by atoms with Gasteiger partial charge in [0.1, 0.15) is 6.61 Å². The Bertz CT molecular complexity index is 648. The average molecular weight is 313 g/mol. The maximum absolute atomic E-state index is 12.1. The number of rotatable bonds is 4. The Morgan fingerprint density at radius 2 is 2.10 bits per heavy atom. The van der Waals surface area contributed by atoms with Crippen molar-refractivity contribution >= 4 is 16.0 Å². The molecule has 0 aliphatic carbocycles. The average Bonchev–Trinajstić information content (AvgIpc) is 2.87. The highest BCUT2D eigenvalue weighted by Gasteiger charge is 2.21. The Balaban J connectivity index is 2.20. The zero-order valence-electron chi connectivity index (χ0n) is 12.1. The SMILES string of the molecule is Cc1cc(C)c(S(N)(=O)=O)cc1C(=O)OCC1CCCO1. The molecule has 1 fully saturated rings. The summed E-state index contributed by atoms with van der Waals surface area (Å²) in [5.74, 6) is -0.562. The van der Waals surface area contributed by atoms with Crippen molar-refractivity contribution < 1.29 is 22.7 Å². The zero-order valence-corrected chi connectivity index (χ0v) is 12.9. The van der Waals surface area contributed by atoms with E-state index in [1.165, 1.54) is 6.07 Å². The Hall–Kier alpha value is -1.44. The summed E-state index contributed by atoms with van der Waals surface area (Å²) in [6, 6.07) is 2.89. The molecule has 1 aromatic rings. The third-order valence-electron chi connectivity index (χ3n) is 3.47. The van der Waals surface area contributed by atoms with E-state index in [1.54, 1.807) is 19.9 Å². The number of benzene rings is 1. The zero-order chi connectivity index (χ0) is 15.6. The molecule has 0 bridgehead atoms. The van der Waals surface area contributed by atoms with Crippen LogP contribution in [0.1, 0.15) is 34.3 Å². The van der Waals surface area contributed by atoms with Crippen LogP contribution in [-0.2, 0) is 19.5 Å². The second-order valence-corrected chi connectivity index (χ2v) is 6.74. The van der Waals surface area contributed by atoms with Crippen molar-refractivity contribution in [1.29, 1.82) is 0 Å². The first kappa shape index (κ1) is 15.9. The lowest BCUT2D eigenvalue weighted by Gasteiger charge is -2.13. The lowest BCUT2D eigenvalue weighted by Crippen LogP contribution is -2.20. The smallest absolute Gasteiger partial charge is 0.338 e. The van der Waals surface area contributed by atoms with Crippen molar-refractivity contribution in [3.8, 4) is 0 Å². The first-order valence-electron chi connectivity index (χ1n) is 6.72. The van der Waals surface area contributed by atoms with Gasteiger partial charge in [0.25, 0.3) is 0 Å². The molecule has 1 unspecified atom stereocenters. The van der Waals surface area contributed by atoms with E-state index in [4.69, 9.17) is 14.6 Å². The van der Waals surface area contributed by atoms with E-state index >= 15 is 0 Å². The van der Waals surface area contributed by atoms with Gasteiger partial charge in [0.05, 0.1) is 16.6 Å². The van der Waals surface area contributed by atoms with E-state index in [0.717, 1.165) is 12.8 Å². The number of hydrogen-bond acceptors (Lipinski definition) is 5. The molecule has 1 heterocycles. The number of hydrogen-bond donors (Lipinski definition) is 1. The quantitative estimate of drug-likeness (QED) is 0.845. The van der Waals surface area contributed by atoms with Gasteiger partial charge in [0, 0.05) is 6.61 Å². The third kappa shape index (κ3) is 3.81. The number of carbonyl (C=O) groups excluding carboxylic acids is 1. The van der Waals surface area contributed by atoms with Crippen LogP contribution >= 0.6 is 0 Å². The molecule has 0 radical (unpaired) electrons. The fourth-order valence-electron chi connectivity index (χ4n) is 2.38. The van der Waals surface area contributed by atoms with E-state index < -0.39 is 16.0 Å². The first-order valence-corrected chi connectivity index (χ1v) is 8.26. The van der Waals surface area contributed by atoms with Gasteiger partial charge in [-0.3, -0.25) is 0 Å². The summed E-state index contributed by atoms with van der Waals surface area (Å²) in [7, 11) is -3.87. The van der Waals surface area contributed by atoms with Crippen molar-refractivity contribution in [3.05, 3.63) is 28.8 Å². The molecule has 0 spiro atoms. The summed E-state index contributed by atoms with van der Waals surface area (Å²) in [4.78, 5) is 12.0. The first-order chi connectivity index (χ1) is 9.79. The second kappa shape index (κ2) is 6.13. The van der Waals surface area contributed by atoms with Gasteiger partial charge >= 0.3 is 5.97 Å². The molecule has 1 aromatic carbocycles. The minimum absolute atomic E-state index is 0.0582. The van der Waals surface area contributed by atoms with Crippen LogP contribution in [0.15, 0.2) is 17.0 Å². The molecule has 21 heavy (non-hydrogen) atoms. The molecular formula is C14H19NO5S. The lowest BCUT2D eigenvalue weighted by molar-refractivity contribution is 0.0160. The number of ether oxygens (including phenoxy) is 2. The molecule has 1 aliphatic heterocycles. The Morgan fingerprint density at radius 3 is 2.67 bits per heavy atom. The van der Waals surface area contributed by atoms with Crippen LogP contribution in [0.2, 0.25) is 0 Å². The summed E-state index contributed by atoms with van der Waals surface area (Å²) in [5.41, 5.74) is 1.37. The number of esters is 1. The number of aryl methyl sites for hydroxylation is 2. The molecule has 1 aliphatic rings. The highest BCUT2D eigenvalue weighted by Crippen LogP contribution is 2.21. The van der Waals surface area contributed by atoms with Crippen LogP contribution in [0.25, 0.3) is 0 Å². The molecule has 1 saturated heterocycles. The molecular weight excluding hydrogens is 294 g/mol. The lowest BCUT2D eigenvalue weighted by atomic mass is 10.1. The number of sulfonamides is 1. The largest absolute Gasteiger partial charge is 0.459 e. The standard InChI is InChI=1S/C14H19NO5S/c1-9-6-10(2)13(21(15,17)18)7-12(9)14(16)20-8-11-4-3-5-19-11/h6-7,11H,3-5,8H2,1-2H3,(H2,15,17,18). The van der Waals surface area contributed by atoms with E-state index in [9.17, 15) is 13.2 Å². The molecule has 2 rings (SSSR count). The fourth-order valence-corrected chi connectivity index (χ4v) is 3.17. The van der Waals surface area contributed by atoms with Crippen molar-refractivity contribution in [1.82, 2.24) is 0 Å². The van der Waals surface area contributed by atoms with Gasteiger partial charge in [-0.15, -0.1) is 0 Å². The summed E-state index contributed by atoms with van der Waals surface area (Å²) < 4.78 is 33.6. The summed E-state index contributed by atoms with van der Waals surface area (Å²) in [5, 5.41) is 5.15. The molecule has 0 saturated carbocycles. The number of carbonyl (C=O) groups is 1. The van der Waals surface area contributed by atoms with Gasteiger partial charge in [-0.05, 0) is 43.9 Å². The minimum Gasteiger partial charge on any atom is -0.459 e. The van der Waals surface area contributed by atoms with Crippen molar-refractivity contribution in [2.45, 2.75) is 37.7 Å². The van der Waals surface area contributed by atoms with Gasteiger partial charge in [0.15, 0.2) is 0 Å². The molecule has 116 valence electrons. The van der Waals surface area contributed by atoms with Gasteiger partial charge in [-0.2, -0.15) is 0 Å². The van der Waals surface area contributed by atoms with Crippen LogP contribution in [0.3, 0.4) is 0 Å². The highest BCUT2D eigenvalue weighted by molar-refractivity contribution is 7.89. The van der Waals surface area contributed by atoms with Crippen molar-refractivity contribution in [2.24, 2.45) is 5.14 Å². The topological polar surface area (TPSA) is 95.7 Å². The molecule has 2 N–H and O–H groups in total. The minimum atomic E-state index is -3.87. The highest BCUT2D eigenvalue weighted by atomic mass is 32.2. The van der Waals surface area contributed by atoms with Gasteiger partial charge in [-0.25, -0.2) is 18.4 Å². The van der Waals surface area contributed by atoms with E-state index in [0.29, 0.717) is 17.7 Å². The molecule has 0 aromatic heterocycles. The predicted molar refractivity (Wildman–Crippen MR) is 76.5 cm³/mol. The van der Waals surface area contributed by atoms with E-state index in [-0.39, 0.29) is 23.2 Å². The van der Waals surface area contributed by atoms with Crippen molar-refractivity contribution in [3.63, 3.8) is 0 Å². The van der Waals surface area contributed by atoms with Crippen LogP contribution < -0.4 is 5.14 Å².